The number of benzene rings is 6. The Labute approximate surface area is 269 Å². The zero-order chi connectivity index (χ0) is 26.9. The Bertz CT molecular complexity index is 1800. The molecule has 8 rings (SSSR count). The molecule has 2 aliphatic carbocycles. The Kier molecular flexibility index (Phi) is 11.4. The van der Waals surface area contributed by atoms with E-state index in [-0.39, 0.29) is 35.6 Å². The number of rotatable bonds is 0. The van der Waals surface area contributed by atoms with Crippen LogP contribution >= 0.6 is 0 Å². The van der Waals surface area contributed by atoms with E-state index in [0.717, 1.165) is 22.4 Å². The van der Waals surface area contributed by atoms with Crippen molar-refractivity contribution in [2.45, 2.75) is 39.8 Å². The van der Waals surface area contributed by atoms with E-state index in [1.807, 2.05) is 0 Å². The summed E-state index contributed by atoms with van der Waals surface area (Å²) in [5.41, 5.74) is 8.50. The van der Waals surface area contributed by atoms with E-state index in [4.69, 9.17) is 0 Å². The van der Waals surface area contributed by atoms with Crippen LogP contribution in [0, 0.1) is 12.1 Å². The average molecular weight is 646 g/mol. The number of halogens is 2. The van der Waals surface area contributed by atoms with Gasteiger partial charge in [-0.3, -0.25) is 0 Å². The third-order valence-corrected chi connectivity index (χ3v) is 7.66. The maximum absolute atomic E-state index is 3.48. The van der Waals surface area contributed by atoms with Gasteiger partial charge in [-0.1, -0.05) is 142 Å². The van der Waals surface area contributed by atoms with Crippen molar-refractivity contribution >= 4 is 64.8 Å². The van der Waals surface area contributed by atoms with Gasteiger partial charge in [-0.25, -0.2) is 0 Å². The summed E-state index contributed by atoms with van der Waals surface area (Å²) in [6.07, 6.45) is 6.72. The van der Waals surface area contributed by atoms with E-state index in [0.29, 0.717) is 0 Å². The number of hydrogen-bond donors (Lipinski definition) is 0. The van der Waals surface area contributed by atoms with Crippen LogP contribution in [0.15, 0.2) is 96.1 Å². The second-order valence-electron chi connectivity index (χ2n) is 10.7. The van der Waals surface area contributed by atoms with Gasteiger partial charge in [0.1, 0.15) is 0 Å². The molecule has 6 aromatic rings. The molecule has 4 heteroatoms. The van der Waals surface area contributed by atoms with Crippen molar-refractivity contribution in [2.24, 2.45) is 0 Å². The molecule has 0 unspecified atom stereocenters. The van der Waals surface area contributed by atoms with Crippen LogP contribution in [0.25, 0.3) is 55.2 Å². The van der Waals surface area contributed by atoms with E-state index in [1.165, 1.54) is 76.5 Å². The summed E-state index contributed by atoms with van der Waals surface area (Å²) >= 11 is 0. The third-order valence-electron chi connectivity index (χ3n) is 7.66. The van der Waals surface area contributed by atoms with Crippen LogP contribution in [0.1, 0.15) is 36.1 Å². The molecule has 0 nitrogen and oxygen atoms in total. The summed E-state index contributed by atoms with van der Waals surface area (Å²) in [4.78, 5) is 0. The molecule has 0 fully saturated rings. The second-order valence-corrected chi connectivity index (χ2v) is 11.7. The van der Waals surface area contributed by atoms with Crippen LogP contribution in [0.2, 0.25) is 13.1 Å². The van der Waals surface area contributed by atoms with E-state index >= 15 is 0 Å². The molecule has 0 spiro atoms. The van der Waals surface area contributed by atoms with E-state index < -0.39 is 0 Å². The van der Waals surface area contributed by atoms with E-state index in [1.54, 1.807) is 0 Å². The SMILES string of the molecule is CC1=Cc2ccc3c([c-]cc4ccccc43)c2C1.CC1=Cc2ccc3c([c-]cc4ccccc43)c2C1.C[Si]C.[F-].[F-].[Zr+4]. The average Bonchev–Trinajstić information content (AvgIpc) is 3.54. The minimum atomic E-state index is 0. The summed E-state index contributed by atoms with van der Waals surface area (Å²) in [5, 5.41) is 10.4. The summed E-state index contributed by atoms with van der Waals surface area (Å²) in [5.74, 6) is 0. The summed E-state index contributed by atoms with van der Waals surface area (Å²) < 4.78 is 0. The standard InChI is InChI=1S/2C18H13.C2H6Si.2FH.Zr/c2*1-12-10-14-7-9-16-15-5-3-2-4-13(15)6-8-17(16)18(14)11-12;1-3-2;;;/h2*2-7,9-10H,11H2,1H3;1-2H3;2*1H;/q2*-1;;;;+4/p-2. The zero-order valence-electron chi connectivity index (χ0n) is 24.4. The third kappa shape index (κ3) is 6.26. The predicted molar refractivity (Wildman–Crippen MR) is 173 cm³/mol. The summed E-state index contributed by atoms with van der Waals surface area (Å²) in [6, 6.07) is 37.3. The predicted octanol–water partition coefficient (Wildman–Crippen LogP) is 4.30. The molecule has 2 aliphatic rings. The molecule has 6 aromatic carbocycles. The largest absolute Gasteiger partial charge is 4.00 e. The van der Waals surface area contributed by atoms with Crippen molar-refractivity contribution in [3.8, 4) is 0 Å². The molecule has 42 heavy (non-hydrogen) atoms. The van der Waals surface area contributed by atoms with Gasteiger partial charge in [0.05, 0.1) is 0 Å². The van der Waals surface area contributed by atoms with Crippen molar-refractivity contribution < 1.29 is 35.6 Å². The van der Waals surface area contributed by atoms with E-state index in [9.17, 15) is 0 Å². The normalized spacial score (nSPS) is 12.4. The molecule has 0 aliphatic heterocycles. The van der Waals surface area contributed by atoms with Crippen molar-refractivity contribution in [1.29, 1.82) is 0 Å². The molecule has 0 aromatic heterocycles. The molecule has 2 radical (unpaired) electrons. The van der Waals surface area contributed by atoms with E-state index in [2.05, 4.69) is 136 Å². The first-order valence-corrected chi connectivity index (χ1v) is 15.7. The number of hydrogen-bond acceptors (Lipinski definition) is 0. The minimum Gasteiger partial charge on any atom is -1.00 e. The molecular formula is C38H32F2SiZr. The molecule has 0 saturated carbocycles. The van der Waals surface area contributed by atoms with Crippen LogP contribution in [0.4, 0.5) is 0 Å². The summed E-state index contributed by atoms with van der Waals surface area (Å²) in [6.45, 7) is 8.71. The van der Waals surface area contributed by atoms with Crippen LogP contribution in [-0.4, -0.2) is 9.52 Å². The first-order valence-electron chi connectivity index (χ1n) is 13.7. The van der Waals surface area contributed by atoms with Gasteiger partial charge in [0, 0.05) is 9.52 Å². The molecule has 0 heterocycles. The molecule has 0 saturated heterocycles. The molecule has 0 N–H and O–H groups in total. The molecule has 0 atom stereocenters. The fraction of sp³-hybridized carbons (Fsp3) is 0.158. The molecule has 0 amide bonds. The fourth-order valence-corrected chi connectivity index (χ4v) is 5.98. The van der Waals surface area contributed by atoms with Crippen molar-refractivity contribution in [3.63, 3.8) is 0 Å². The minimum absolute atomic E-state index is 0. The summed E-state index contributed by atoms with van der Waals surface area (Å²) in [7, 11) is 1.08. The van der Waals surface area contributed by atoms with Crippen LogP contribution < -0.4 is 9.41 Å². The number of allylic oxidation sites excluding steroid dienone is 2. The first kappa shape index (κ1) is 33.3. The van der Waals surface area contributed by atoms with Crippen LogP contribution in [0.5, 0.6) is 0 Å². The molecular weight excluding hydrogens is 614 g/mol. The van der Waals surface area contributed by atoms with Gasteiger partial charge < -0.3 is 9.41 Å². The van der Waals surface area contributed by atoms with Crippen molar-refractivity contribution in [1.82, 2.24) is 0 Å². The van der Waals surface area contributed by atoms with Gasteiger partial charge in [-0.2, -0.15) is 0 Å². The smallest absolute Gasteiger partial charge is 1.00 e. The second kappa shape index (κ2) is 14.3. The maximum atomic E-state index is 3.48. The van der Waals surface area contributed by atoms with Gasteiger partial charge in [-0.05, 0) is 26.7 Å². The van der Waals surface area contributed by atoms with Gasteiger partial charge in [-0.15, -0.1) is 56.9 Å². The molecule has 0 bridgehead atoms. The number of fused-ring (bicyclic) bond motifs is 10. The Morgan fingerprint density at radius 2 is 0.929 bits per heavy atom. The van der Waals surface area contributed by atoms with Crippen molar-refractivity contribution in [2.75, 3.05) is 0 Å². The van der Waals surface area contributed by atoms with Crippen LogP contribution in [0.3, 0.4) is 0 Å². The van der Waals surface area contributed by atoms with Gasteiger partial charge in [0.15, 0.2) is 0 Å². The monoisotopic (exact) mass is 644 g/mol. The van der Waals surface area contributed by atoms with Gasteiger partial charge in [0.2, 0.25) is 0 Å². The Balaban J connectivity index is 0.000000198. The Morgan fingerprint density at radius 3 is 1.33 bits per heavy atom. The first-order chi connectivity index (χ1) is 19.1. The maximum Gasteiger partial charge on any atom is 4.00 e. The molecule has 206 valence electrons. The van der Waals surface area contributed by atoms with Crippen LogP contribution in [-0.2, 0) is 39.0 Å². The van der Waals surface area contributed by atoms with Crippen molar-refractivity contribution in [3.05, 3.63) is 130 Å². The fourth-order valence-electron chi connectivity index (χ4n) is 5.98. The topological polar surface area (TPSA) is 0 Å². The zero-order valence-corrected chi connectivity index (χ0v) is 27.9. The van der Waals surface area contributed by atoms with Gasteiger partial charge >= 0.3 is 26.2 Å². The van der Waals surface area contributed by atoms with Gasteiger partial charge in [0.25, 0.3) is 0 Å². The Hall–Kier alpha value is -3.20. The Morgan fingerprint density at radius 1 is 0.548 bits per heavy atom. The quantitative estimate of drug-likeness (QED) is 0.131.